The molecule has 0 amide bonds. The minimum atomic E-state index is -0.699. The Morgan fingerprint density at radius 1 is 1.10 bits per heavy atom. The lowest BCUT2D eigenvalue weighted by atomic mass is 9.62. The highest BCUT2D eigenvalue weighted by atomic mass is 16.3. The Labute approximate surface area is 128 Å². The molecule has 1 N–H and O–H groups in total. The second-order valence-electron chi connectivity index (χ2n) is 7.32. The summed E-state index contributed by atoms with van der Waals surface area (Å²) in [6.45, 7) is 4.49. The average Bonchev–Trinajstić information content (AvgIpc) is 2.47. The molecule has 1 unspecified atom stereocenters. The lowest BCUT2D eigenvalue weighted by Gasteiger charge is -2.42. The molecule has 0 saturated heterocycles. The van der Waals surface area contributed by atoms with Crippen molar-refractivity contribution in [2.45, 2.75) is 45.6 Å². The van der Waals surface area contributed by atoms with Crippen molar-refractivity contribution >= 4 is 5.69 Å². The maximum Gasteiger partial charge on any atom is 0.0976 e. The van der Waals surface area contributed by atoms with Crippen LogP contribution in [0, 0.1) is 22.2 Å². The molecule has 2 rings (SSSR count). The summed E-state index contributed by atoms with van der Waals surface area (Å²) in [6, 6.07) is 10.3. The summed E-state index contributed by atoms with van der Waals surface area (Å²) in [7, 11) is 3.98. The number of anilines is 1. The zero-order valence-electron chi connectivity index (χ0n) is 13.6. The van der Waals surface area contributed by atoms with Gasteiger partial charge in [0.15, 0.2) is 0 Å². The van der Waals surface area contributed by atoms with Gasteiger partial charge in [-0.25, -0.2) is 0 Å². The Balaban J connectivity index is 2.21. The number of aliphatic hydroxyl groups excluding tert-OH is 1. The average molecular weight is 286 g/mol. The number of hydrogen-bond donors (Lipinski definition) is 1. The van der Waals surface area contributed by atoms with Crippen molar-refractivity contribution in [2.75, 3.05) is 19.0 Å². The highest BCUT2D eigenvalue weighted by molar-refractivity contribution is 5.46. The molecule has 0 bridgehead atoms. The first kappa shape index (κ1) is 15.9. The van der Waals surface area contributed by atoms with Crippen LogP contribution in [0.1, 0.15) is 51.2 Å². The first-order valence-corrected chi connectivity index (χ1v) is 7.66. The molecular formula is C18H26N2O. The predicted molar refractivity (Wildman–Crippen MR) is 86.0 cm³/mol. The van der Waals surface area contributed by atoms with Gasteiger partial charge in [0, 0.05) is 19.8 Å². The van der Waals surface area contributed by atoms with E-state index in [1.165, 1.54) is 0 Å². The van der Waals surface area contributed by atoms with Crippen molar-refractivity contribution in [3.8, 4) is 6.07 Å². The first-order chi connectivity index (χ1) is 9.80. The molecule has 1 saturated carbocycles. The molecule has 1 aliphatic rings. The van der Waals surface area contributed by atoms with Crippen LogP contribution in [-0.2, 0) is 0 Å². The van der Waals surface area contributed by atoms with Gasteiger partial charge in [-0.05, 0) is 48.8 Å². The normalized spacial score (nSPS) is 21.3. The van der Waals surface area contributed by atoms with Gasteiger partial charge in [-0.2, -0.15) is 5.26 Å². The van der Waals surface area contributed by atoms with Gasteiger partial charge < -0.3 is 10.0 Å². The lowest BCUT2D eigenvalue weighted by molar-refractivity contribution is 0.00956. The maximum atomic E-state index is 10.8. The van der Waals surface area contributed by atoms with E-state index in [1.54, 1.807) is 0 Å². The van der Waals surface area contributed by atoms with Gasteiger partial charge in [0.1, 0.15) is 0 Å². The Morgan fingerprint density at radius 2 is 1.62 bits per heavy atom. The summed E-state index contributed by atoms with van der Waals surface area (Å²) in [5.41, 5.74) is 1.60. The SMILES string of the molecule is CN(C)c1ccc(C(O)C2(C#N)CCC(C)(C)CC2)cc1. The molecule has 0 radical (unpaired) electrons. The van der Waals surface area contributed by atoms with Crippen molar-refractivity contribution in [1.29, 1.82) is 5.26 Å². The molecule has 3 nitrogen and oxygen atoms in total. The summed E-state index contributed by atoms with van der Waals surface area (Å²) >= 11 is 0. The van der Waals surface area contributed by atoms with E-state index in [-0.39, 0.29) is 5.41 Å². The highest BCUT2D eigenvalue weighted by Crippen LogP contribution is 2.50. The molecule has 3 heteroatoms. The molecule has 114 valence electrons. The van der Waals surface area contributed by atoms with E-state index < -0.39 is 11.5 Å². The van der Waals surface area contributed by atoms with E-state index in [9.17, 15) is 10.4 Å². The van der Waals surface area contributed by atoms with E-state index in [2.05, 4.69) is 19.9 Å². The van der Waals surface area contributed by atoms with E-state index in [1.807, 2.05) is 43.3 Å². The minimum absolute atomic E-state index is 0.287. The van der Waals surface area contributed by atoms with Crippen molar-refractivity contribution in [3.63, 3.8) is 0 Å². The fraction of sp³-hybridized carbons (Fsp3) is 0.611. The molecule has 0 aromatic heterocycles. The van der Waals surface area contributed by atoms with Gasteiger partial charge in [0.2, 0.25) is 0 Å². The second-order valence-corrected chi connectivity index (χ2v) is 7.32. The fourth-order valence-electron chi connectivity index (χ4n) is 3.09. The Kier molecular flexibility index (Phi) is 4.30. The van der Waals surface area contributed by atoms with Crippen LogP contribution in [0.3, 0.4) is 0 Å². The second kappa shape index (κ2) is 5.69. The number of nitrogens with zero attached hydrogens (tertiary/aromatic N) is 2. The van der Waals surface area contributed by atoms with Crippen LogP contribution < -0.4 is 4.90 Å². The summed E-state index contributed by atoms with van der Waals surface area (Å²) in [4.78, 5) is 2.03. The topological polar surface area (TPSA) is 47.3 Å². The predicted octanol–water partition coefficient (Wildman–Crippen LogP) is 3.90. The monoisotopic (exact) mass is 286 g/mol. The van der Waals surface area contributed by atoms with Crippen molar-refractivity contribution in [2.24, 2.45) is 10.8 Å². The molecular weight excluding hydrogens is 260 g/mol. The first-order valence-electron chi connectivity index (χ1n) is 7.66. The van der Waals surface area contributed by atoms with Gasteiger partial charge in [0.25, 0.3) is 0 Å². The largest absolute Gasteiger partial charge is 0.387 e. The van der Waals surface area contributed by atoms with Crippen LogP contribution in [0.25, 0.3) is 0 Å². The van der Waals surface area contributed by atoms with Crippen molar-refractivity contribution in [3.05, 3.63) is 29.8 Å². The summed E-state index contributed by atoms with van der Waals surface area (Å²) < 4.78 is 0. The molecule has 1 aromatic carbocycles. The zero-order chi connectivity index (χ0) is 15.7. The van der Waals surface area contributed by atoms with Crippen LogP contribution in [-0.4, -0.2) is 19.2 Å². The number of benzene rings is 1. The molecule has 0 heterocycles. The third-order valence-corrected chi connectivity index (χ3v) is 4.97. The smallest absolute Gasteiger partial charge is 0.0976 e. The van der Waals surface area contributed by atoms with E-state index in [0.29, 0.717) is 0 Å². The number of rotatable bonds is 3. The molecule has 0 spiro atoms. The molecule has 21 heavy (non-hydrogen) atoms. The Bertz CT molecular complexity index is 515. The summed E-state index contributed by atoms with van der Waals surface area (Å²) in [5, 5.41) is 20.4. The fourth-order valence-corrected chi connectivity index (χ4v) is 3.09. The van der Waals surface area contributed by atoms with E-state index in [0.717, 1.165) is 36.9 Å². The Morgan fingerprint density at radius 3 is 2.05 bits per heavy atom. The van der Waals surface area contributed by atoms with Gasteiger partial charge in [-0.1, -0.05) is 26.0 Å². The molecule has 1 aromatic rings. The summed E-state index contributed by atoms with van der Waals surface area (Å²) in [5.74, 6) is 0. The number of hydrogen-bond acceptors (Lipinski definition) is 3. The molecule has 1 aliphatic carbocycles. The van der Waals surface area contributed by atoms with Crippen LogP contribution >= 0.6 is 0 Å². The molecule has 1 atom stereocenters. The number of nitriles is 1. The highest BCUT2D eigenvalue weighted by Gasteiger charge is 2.44. The van der Waals surface area contributed by atoms with Gasteiger partial charge in [0.05, 0.1) is 17.6 Å². The van der Waals surface area contributed by atoms with Crippen LogP contribution in [0.4, 0.5) is 5.69 Å². The van der Waals surface area contributed by atoms with Gasteiger partial charge in [-0.15, -0.1) is 0 Å². The molecule has 0 aliphatic heterocycles. The standard InChI is InChI=1S/C18H26N2O/c1-17(2)9-11-18(13-19,12-10-17)16(21)14-5-7-15(8-6-14)20(3)4/h5-8,16,21H,9-12H2,1-4H3. The van der Waals surface area contributed by atoms with E-state index in [4.69, 9.17) is 0 Å². The van der Waals surface area contributed by atoms with Crippen LogP contribution in [0.5, 0.6) is 0 Å². The van der Waals surface area contributed by atoms with Crippen molar-refractivity contribution < 1.29 is 5.11 Å². The van der Waals surface area contributed by atoms with Gasteiger partial charge in [-0.3, -0.25) is 0 Å². The number of aliphatic hydroxyl groups is 1. The third-order valence-electron chi connectivity index (χ3n) is 4.97. The Hall–Kier alpha value is -1.53. The molecule has 1 fully saturated rings. The van der Waals surface area contributed by atoms with Gasteiger partial charge >= 0.3 is 0 Å². The van der Waals surface area contributed by atoms with Crippen LogP contribution in [0.15, 0.2) is 24.3 Å². The summed E-state index contributed by atoms with van der Waals surface area (Å²) in [6.07, 6.45) is 2.83. The van der Waals surface area contributed by atoms with E-state index >= 15 is 0 Å². The minimum Gasteiger partial charge on any atom is -0.387 e. The van der Waals surface area contributed by atoms with Crippen molar-refractivity contribution in [1.82, 2.24) is 0 Å². The van der Waals surface area contributed by atoms with Crippen LogP contribution in [0.2, 0.25) is 0 Å². The maximum absolute atomic E-state index is 10.8. The quantitative estimate of drug-likeness (QED) is 0.916. The zero-order valence-corrected chi connectivity index (χ0v) is 13.6. The lowest BCUT2D eigenvalue weighted by Crippen LogP contribution is -2.35. The third kappa shape index (κ3) is 3.22.